The molecule has 1 heterocycles. The van der Waals surface area contributed by atoms with Gasteiger partial charge >= 0.3 is 0 Å². The molecular weight excluding hydrogens is 386 g/mol. The molecule has 2 aromatic carbocycles. The van der Waals surface area contributed by atoms with E-state index in [2.05, 4.69) is 51.1 Å². The molecule has 4 heteroatoms. The standard InChI is InChI=1S/C27H27NO3/c1-14(2)18-9-4-15(3)12-23(18)31-17-7-5-16(6-8-17)28-26(29)24-19-10-11-20(22-13-21(19)22)25(24)27(28)30/h4-12,14,19-22,24-25H,13H2,1-3H3/t19-,20-,21-,22-,24-,25+/m0/s1. The van der Waals surface area contributed by atoms with Gasteiger partial charge in [-0.05, 0) is 84.4 Å². The van der Waals surface area contributed by atoms with Crippen molar-refractivity contribution in [3.63, 3.8) is 0 Å². The number of aryl methyl sites for hydroxylation is 1. The van der Waals surface area contributed by atoms with Crippen LogP contribution in [0, 0.1) is 42.4 Å². The van der Waals surface area contributed by atoms with Crippen molar-refractivity contribution in [2.24, 2.45) is 35.5 Å². The van der Waals surface area contributed by atoms with Crippen LogP contribution in [0.5, 0.6) is 11.5 Å². The number of carbonyl (C=O) groups excluding carboxylic acids is 2. The van der Waals surface area contributed by atoms with Crippen LogP contribution in [0.1, 0.15) is 37.3 Å². The highest BCUT2D eigenvalue weighted by Gasteiger charge is 2.67. The Balaban J connectivity index is 1.26. The first-order valence-corrected chi connectivity index (χ1v) is 11.4. The first kappa shape index (κ1) is 18.9. The highest BCUT2D eigenvalue weighted by Crippen LogP contribution is 2.65. The van der Waals surface area contributed by atoms with Crippen molar-refractivity contribution < 1.29 is 14.3 Å². The van der Waals surface area contributed by atoms with Crippen LogP contribution < -0.4 is 9.64 Å². The van der Waals surface area contributed by atoms with Crippen molar-refractivity contribution in [2.75, 3.05) is 4.90 Å². The van der Waals surface area contributed by atoms with Gasteiger partial charge in [0.2, 0.25) is 11.8 Å². The summed E-state index contributed by atoms with van der Waals surface area (Å²) in [6.07, 6.45) is 5.60. The van der Waals surface area contributed by atoms with Gasteiger partial charge in [-0.25, -0.2) is 0 Å². The van der Waals surface area contributed by atoms with E-state index in [0.717, 1.165) is 16.9 Å². The highest BCUT2D eigenvalue weighted by molar-refractivity contribution is 6.22. The van der Waals surface area contributed by atoms with Gasteiger partial charge in [-0.3, -0.25) is 14.5 Å². The summed E-state index contributed by atoms with van der Waals surface area (Å²) in [6.45, 7) is 6.35. The lowest BCUT2D eigenvalue weighted by atomic mass is 9.63. The number of carbonyl (C=O) groups is 2. The van der Waals surface area contributed by atoms with Gasteiger partial charge in [0.25, 0.3) is 0 Å². The molecular formula is C27H27NO3. The van der Waals surface area contributed by atoms with E-state index < -0.39 is 0 Å². The number of hydrogen-bond acceptors (Lipinski definition) is 3. The average molecular weight is 414 g/mol. The second-order valence-corrected chi connectivity index (χ2v) is 9.96. The molecule has 2 saturated carbocycles. The molecule has 0 N–H and O–H groups in total. The highest BCUT2D eigenvalue weighted by atomic mass is 16.5. The number of allylic oxidation sites excluding steroid dienone is 2. The molecule has 0 aromatic heterocycles. The Morgan fingerprint density at radius 3 is 2.10 bits per heavy atom. The molecule has 2 amide bonds. The first-order chi connectivity index (χ1) is 14.9. The van der Waals surface area contributed by atoms with Gasteiger partial charge in [-0.2, -0.15) is 0 Å². The van der Waals surface area contributed by atoms with E-state index in [-0.39, 0.29) is 35.5 Å². The fourth-order valence-electron chi connectivity index (χ4n) is 6.21. The van der Waals surface area contributed by atoms with Gasteiger partial charge in [0.05, 0.1) is 17.5 Å². The van der Waals surface area contributed by atoms with Crippen LogP contribution in [0.2, 0.25) is 0 Å². The van der Waals surface area contributed by atoms with E-state index in [9.17, 15) is 9.59 Å². The summed E-state index contributed by atoms with van der Waals surface area (Å²) in [7, 11) is 0. The average Bonchev–Trinajstić information content (AvgIpc) is 3.52. The molecule has 0 unspecified atom stereocenters. The quantitative estimate of drug-likeness (QED) is 0.493. The lowest BCUT2D eigenvalue weighted by Gasteiger charge is -2.37. The molecule has 6 atom stereocenters. The molecule has 2 aromatic rings. The summed E-state index contributed by atoms with van der Waals surface area (Å²) in [4.78, 5) is 28.0. The summed E-state index contributed by atoms with van der Waals surface area (Å²) in [5, 5.41) is 0. The van der Waals surface area contributed by atoms with E-state index >= 15 is 0 Å². The smallest absolute Gasteiger partial charge is 0.238 e. The molecule has 7 rings (SSSR count). The molecule has 4 nitrogen and oxygen atoms in total. The molecule has 31 heavy (non-hydrogen) atoms. The molecule has 0 radical (unpaired) electrons. The number of amides is 2. The predicted octanol–water partition coefficient (Wildman–Crippen LogP) is 5.47. The SMILES string of the molecule is Cc1ccc(C(C)C)c(Oc2ccc(N3C(=O)[C@@H]4[C@H]5C=C[C@@H]([C@@H]6C[C@@H]56)[C@@H]4C3=O)cc2)c1. The van der Waals surface area contributed by atoms with Crippen LogP contribution in [0.15, 0.2) is 54.6 Å². The summed E-state index contributed by atoms with van der Waals surface area (Å²) >= 11 is 0. The summed E-state index contributed by atoms with van der Waals surface area (Å²) in [5.41, 5.74) is 2.96. The van der Waals surface area contributed by atoms with Crippen molar-refractivity contribution >= 4 is 17.5 Å². The van der Waals surface area contributed by atoms with E-state index in [0.29, 0.717) is 29.2 Å². The minimum Gasteiger partial charge on any atom is -0.457 e. The number of imide groups is 1. The predicted molar refractivity (Wildman–Crippen MR) is 119 cm³/mol. The zero-order valence-corrected chi connectivity index (χ0v) is 18.1. The number of hydrogen-bond donors (Lipinski definition) is 0. The van der Waals surface area contributed by atoms with Gasteiger partial charge in [0.1, 0.15) is 11.5 Å². The first-order valence-electron chi connectivity index (χ1n) is 11.4. The fraction of sp³-hybridized carbons (Fsp3) is 0.407. The Bertz CT molecular complexity index is 1080. The van der Waals surface area contributed by atoms with E-state index in [4.69, 9.17) is 4.74 Å². The van der Waals surface area contributed by atoms with Crippen LogP contribution in [-0.4, -0.2) is 11.8 Å². The Morgan fingerprint density at radius 1 is 0.903 bits per heavy atom. The van der Waals surface area contributed by atoms with Gasteiger partial charge < -0.3 is 4.74 Å². The van der Waals surface area contributed by atoms with E-state index in [1.54, 1.807) is 0 Å². The number of nitrogens with zero attached hydrogens (tertiary/aromatic N) is 1. The Morgan fingerprint density at radius 2 is 1.52 bits per heavy atom. The van der Waals surface area contributed by atoms with Crippen LogP contribution in [-0.2, 0) is 9.59 Å². The third kappa shape index (κ3) is 2.73. The lowest BCUT2D eigenvalue weighted by molar-refractivity contribution is -0.124. The van der Waals surface area contributed by atoms with Gasteiger partial charge in [-0.15, -0.1) is 0 Å². The summed E-state index contributed by atoms with van der Waals surface area (Å²) in [6, 6.07) is 13.6. The van der Waals surface area contributed by atoms with Gasteiger partial charge in [0, 0.05) is 0 Å². The molecule has 1 saturated heterocycles. The second-order valence-electron chi connectivity index (χ2n) is 9.96. The number of benzene rings is 2. The van der Waals surface area contributed by atoms with E-state index in [1.165, 1.54) is 11.3 Å². The normalized spacial score (nSPS) is 32.5. The van der Waals surface area contributed by atoms with Crippen molar-refractivity contribution in [3.05, 3.63) is 65.7 Å². The lowest BCUT2D eigenvalue weighted by Crippen LogP contribution is -2.40. The maximum atomic E-state index is 13.3. The molecule has 5 aliphatic rings. The second kappa shape index (κ2) is 6.56. The minimum atomic E-state index is -0.164. The van der Waals surface area contributed by atoms with Crippen molar-refractivity contribution in [3.8, 4) is 11.5 Å². The van der Waals surface area contributed by atoms with Gasteiger partial charge in [-0.1, -0.05) is 38.1 Å². The van der Waals surface area contributed by atoms with E-state index in [1.807, 2.05) is 24.3 Å². The monoisotopic (exact) mass is 413 g/mol. The number of anilines is 1. The fourth-order valence-corrected chi connectivity index (χ4v) is 6.21. The van der Waals surface area contributed by atoms with Crippen molar-refractivity contribution in [1.29, 1.82) is 0 Å². The minimum absolute atomic E-state index is 0.0193. The molecule has 2 bridgehead atoms. The number of ether oxygens (including phenoxy) is 1. The topological polar surface area (TPSA) is 46.6 Å². The van der Waals surface area contributed by atoms with Gasteiger partial charge in [0.15, 0.2) is 0 Å². The third-order valence-electron chi connectivity index (χ3n) is 7.78. The third-order valence-corrected chi connectivity index (χ3v) is 7.78. The van der Waals surface area contributed by atoms with Crippen LogP contribution in [0.3, 0.4) is 0 Å². The van der Waals surface area contributed by atoms with Crippen LogP contribution in [0.4, 0.5) is 5.69 Å². The van der Waals surface area contributed by atoms with Crippen molar-refractivity contribution in [2.45, 2.75) is 33.1 Å². The summed E-state index contributed by atoms with van der Waals surface area (Å²) < 4.78 is 6.18. The van der Waals surface area contributed by atoms with Crippen molar-refractivity contribution in [1.82, 2.24) is 0 Å². The maximum Gasteiger partial charge on any atom is 0.238 e. The maximum absolute atomic E-state index is 13.3. The zero-order valence-electron chi connectivity index (χ0n) is 18.1. The molecule has 0 spiro atoms. The largest absolute Gasteiger partial charge is 0.457 e. The molecule has 1 aliphatic heterocycles. The summed E-state index contributed by atoms with van der Waals surface area (Å²) in [5.74, 6) is 3.28. The number of rotatable bonds is 4. The molecule has 158 valence electrons. The van der Waals surface area contributed by atoms with Crippen LogP contribution in [0.25, 0.3) is 0 Å². The Labute approximate surface area is 182 Å². The molecule has 3 fully saturated rings. The van der Waals surface area contributed by atoms with Crippen LogP contribution >= 0.6 is 0 Å². The zero-order chi connectivity index (χ0) is 21.4. The molecule has 4 aliphatic carbocycles. The Kier molecular flexibility index (Phi) is 3.99. The Hall–Kier alpha value is -2.88.